The number of carbonyl (C=O) groups is 1. The van der Waals surface area contributed by atoms with Gasteiger partial charge in [0.15, 0.2) is 6.10 Å². The van der Waals surface area contributed by atoms with E-state index in [0.717, 1.165) is 0 Å². The Kier molecular flexibility index (Phi) is 3.92. The van der Waals surface area contributed by atoms with E-state index in [2.05, 4.69) is 4.74 Å². The molecule has 0 spiro atoms. The van der Waals surface area contributed by atoms with Gasteiger partial charge in [-0.25, -0.2) is 4.79 Å². The molecular weight excluding hydrogens is 172 g/mol. The van der Waals surface area contributed by atoms with Gasteiger partial charge in [-0.15, -0.1) is 0 Å². The molecule has 0 aromatic carbocycles. The van der Waals surface area contributed by atoms with E-state index in [1.165, 1.54) is 0 Å². The van der Waals surface area contributed by atoms with Crippen molar-refractivity contribution >= 4 is 5.97 Å². The van der Waals surface area contributed by atoms with Crippen LogP contribution >= 0.6 is 0 Å². The van der Waals surface area contributed by atoms with Crippen molar-refractivity contribution in [2.75, 3.05) is 19.8 Å². The Bertz CT molecular complexity index is 210. The molecule has 4 nitrogen and oxygen atoms in total. The van der Waals surface area contributed by atoms with Crippen LogP contribution in [0.15, 0.2) is 11.6 Å². The Morgan fingerprint density at radius 1 is 1.85 bits per heavy atom. The lowest BCUT2D eigenvalue weighted by molar-refractivity contribution is -0.151. The van der Waals surface area contributed by atoms with Crippen molar-refractivity contribution in [3.8, 4) is 0 Å². The second kappa shape index (κ2) is 4.99. The van der Waals surface area contributed by atoms with E-state index in [4.69, 9.17) is 4.74 Å². The van der Waals surface area contributed by atoms with Crippen LogP contribution in [-0.2, 0) is 14.3 Å². The molecule has 4 heteroatoms. The number of aliphatic hydroxyl groups is 1. The molecule has 1 unspecified atom stereocenters. The monoisotopic (exact) mass is 186 g/mol. The van der Waals surface area contributed by atoms with Crippen molar-refractivity contribution in [3.63, 3.8) is 0 Å². The Labute approximate surface area is 77.1 Å². The van der Waals surface area contributed by atoms with Gasteiger partial charge in [0, 0.05) is 0 Å². The number of esters is 1. The van der Waals surface area contributed by atoms with Gasteiger partial charge in [-0.05, 0) is 18.9 Å². The first-order valence-corrected chi connectivity index (χ1v) is 4.37. The van der Waals surface area contributed by atoms with Gasteiger partial charge in [0.25, 0.3) is 0 Å². The second-order valence-corrected chi connectivity index (χ2v) is 2.76. The van der Waals surface area contributed by atoms with E-state index in [1.807, 2.05) is 0 Å². The Morgan fingerprint density at radius 2 is 2.62 bits per heavy atom. The van der Waals surface area contributed by atoms with E-state index in [0.29, 0.717) is 31.8 Å². The lowest BCUT2D eigenvalue weighted by Gasteiger charge is -2.17. The standard InChI is InChI=1S/C9H14O4/c1-2-13-9(11)8(10)7-3-5-12-6-4-7/h3,8,10H,2,4-6H2,1H3. The van der Waals surface area contributed by atoms with Crippen LogP contribution in [0.1, 0.15) is 13.3 Å². The van der Waals surface area contributed by atoms with E-state index in [1.54, 1.807) is 13.0 Å². The van der Waals surface area contributed by atoms with Crippen LogP contribution < -0.4 is 0 Å². The van der Waals surface area contributed by atoms with Crippen LogP contribution in [0.4, 0.5) is 0 Å². The Balaban J connectivity index is 2.50. The summed E-state index contributed by atoms with van der Waals surface area (Å²) in [5.41, 5.74) is 0.699. The van der Waals surface area contributed by atoms with Gasteiger partial charge in [0.05, 0.1) is 19.8 Å². The minimum absolute atomic E-state index is 0.291. The number of ether oxygens (including phenoxy) is 2. The lowest BCUT2D eigenvalue weighted by atomic mass is 10.1. The summed E-state index contributed by atoms with van der Waals surface area (Å²) in [7, 11) is 0. The van der Waals surface area contributed by atoms with E-state index in [9.17, 15) is 9.90 Å². The molecular formula is C9H14O4. The van der Waals surface area contributed by atoms with E-state index >= 15 is 0 Å². The van der Waals surface area contributed by atoms with Gasteiger partial charge in [-0.3, -0.25) is 0 Å². The highest BCUT2D eigenvalue weighted by atomic mass is 16.5. The van der Waals surface area contributed by atoms with Crippen LogP contribution in [0.5, 0.6) is 0 Å². The zero-order chi connectivity index (χ0) is 9.68. The van der Waals surface area contributed by atoms with E-state index < -0.39 is 12.1 Å². The molecule has 0 bridgehead atoms. The molecule has 0 aliphatic carbocycles. The molecule has 0 radical (unpaired) electrons. The summed E-state index contributed by atoms with van der Waals surface area (Å²) >= 11 is 0. The largest absolute Gasteiger partial charge is 0.464 e. The number of aliphatic hydroxyl groups excluding tert-OH is 1. The van der Waals surface area contributed by atoms with E-state index in [-0.39, 0.29) is 0 Å². The summed E-state index contributed by atoms with van der Waals surface area (Å²) in [5.74, 6) is -0.573. The molecule has 1 aliphatic rings. The molecule has 0 saturated heterocycles. The second-order valence-electron chi connectivity index (χ2n) is 2.76. The minimum atomic E-state index is -1.11. The fourth-order valence-corrected chi connectivity index (χ4v) is 1.16. The summed E-state index contributed by atoms with van der Waals surface area (Å²) in [6.07, 6.45) is 1.22. The summed E-state index contributed by atoms with van der Waals surface area (Å²) in [5, 5.41) is 9.48. The molecule has 0 amide bonds. The van der Waals surface area contributed by atoms with Crippen LogP contribution in [0.2, 0.25) is 0 Å². The first-order valence-electron chi connectivity index (χ1n) is 4.37. The third-order valence-corrected chi connectivity index (χ3v) is 1.86. The Hall–Kier alpha value is -0.870. The number of rotatable bonds is 3. The Morgan fingerprint density at radius 3 is 3.15 bits per heavy atom. The summed E-state index contributed by atoms with van der Waals surface area (Å²) in [6, 6.07) is 0. The highest BCUT2D eigenvalue weighted by Crippen LogP contribution is 2.13. The molecule has 0 saturated carbocycles. The predicted molar refractivity (Wildman–Crippen MR) is 46.2 cm³/mol. The van der Waals surface area contributed by atoms with Crippen LogP contribution in [0, 0.1) is 0 Å². The molecule has 1 N–H and O–H groups in total. The van der Waals surface area contributed by atoms with Crippen molar-refractivity contribution in [2.24, 2.45) is 0 Å². The van der Waals surface area contributed by atoms with Crippen molar-refractivity contribution in [1.82, 2.24) is 0 Å². The highest BCUT2D eigenvalue weighted by molar-refractivity contribution is 5.78. The first kappa shape index (κ1) is 10.2. The van der Waals surface area contributed by atoms with Crippen LogP contribution in [-0.4, -0.2) is 37.0 Å². The number of hydrogen-bond acceptors (Lipinski definition) is 4. The maximum atomic E-state index is 11.1. The predicted octanol–water partition coefficient (Wildman–Crippen LogP) is 0.257. The van der Waals surface area contributed by atoms with Crippen molar-refractivity contribution in [3.05, 3.63) is 11.6 Å². The summed E-state index contributed by atoms with van der Waals surface area (Å²) < 4.78 is 9.74. The quantitative estimate of drug-likeness (QED) is 0.507. The minimum Gasteiger partial charge on any atom is -0.464 e. The van der Waals surface area contributed by atoms with Gasteiger partial charge < -0.3 is 14.6 Å². The smallest absolute Gasteiger partial charge is 0.339 e. The first-order chi connectivity index (χ1) is 6.25. The van der Waals surface area contributed by atoms with Gasteiger partial charge in [-0.2, -0.15) is 0 Å². The normalized spacial score (nSPS) is 19.1. The number of carbonyl (C=O) groups excluding carboxylic acids is 1. The van der Waals surface area contributed by atoms with Crippen molar-refractivity contribution < 1.29 is 19.4 Å². The SMILES string of the molecule is CCOC(=O)C(O)C1=CCOCC1. The zero-order valence-electron chi connectivity index (χ0n) is 7.66. The maximum absolute atomic E-state index is 11.1. The highest BCUT2D eigenvalue weighted by Gasteiger charge is 2.21. The maximum Gasteiger partial charge on any atom is 0.339 e. The van der Waals surface area contributed by atoms with Gasteiger partial charge >= 0.3 is 5.97 Å². The van der Waals surface area contributed by atoms with Gasteiger partial charge in [0.1, 0.15) is 0 Å². The molecule has 1 rings (SSSR count). The fourth-order valence-electron chi connectivity index (χ4n) is 1.16. The van der Waals surface area contributed by atoms with Crippen molar-refractivity contribution in [2.45, 2.75) is 19.4 Å². The molecule has 13 heavy (non-hydrogen) atoms. The van der Waals surface area contributed by atoms with Crippen LogP contribution in [0.25, 0.3) is 0 Å². The average molecular weight is 186 g/mol. The molecule has 0 aromatic rings. The summed E-state index contributed by atoms with van der Waals surface area (Å²) in [6.45, 7) is 3.02. The van der Waals surface area contributed by atoms with Gasteiger partial charge in [-0.1, -0.05) is 6.08 Å². The molecule has 1 heterocycles. The summed E-state index contributed by atoms with van der Waals surface area (Å²) in [4.78, 5) is 11.1. The average Bonchev–Trinajstić information content (AvgIpc) is 2.18. The molecule has 0 fully saturated rings. The lowest BCUT2D eigenvalue weighted by Crippen LogP contribution is -2.27. The third-order valence-electron chi connectivity index (χ3n) is 1.86. The van der Waals surface area contributed by atoms with Gasteiger partial charge in [0.2, 0.25) is 0 Å². The van der Waals surface area contributed by atoms with Crippen molar-refractivity contribution in [1.29, 1.82) is 0 Å². The third kappa shape index (κ3) is 2.82. The number of hydrogen-bond donors (Lipinski definition) is 1. The molecule has 74 valence electrons. The molecule has 1 atom stereocenters. The molecule has 0 aromatic heterocycles. The topological polar surface area (TPSA) is 55.8 Å². The van der Waals surface area contributed by atoms with Crippen LogP contribution in [0.3, 0.4) is 0 Å². The zero-order valence-corrected chi connectivity index (χ0v) is 7.66. The molecule has 1 aliphatic heterocycles. The fraction of sp³-hybridized carbons (Fsp3) is 0.667.